The van der Waals surface area contributed by atoms with Gasteiger partial charge in [-0.15, -0.1) is 0 Å². The summed E-state index contributed by atoms with van der Waals surface area (Å²) in [5.41, 5.74) is 16.2. The lowest BCUT2D eigenvalue weighted by molar-refractivity contribution is 0.660. The van der Waals surface area contributed by atoms with Crippen LogP contribution in [0.3, 0.4) is 0 Å². The van der Waals surface area contributed by atoms with E-state index in [4.69, 9.17) is 9.97 Å². The monoisotopic (exact) mass is 828 g/mol. The third kappa shape index (κ3) is 5.02. The van der Waals surface area contributed by atoms with Gasteiger partial charge in [0.15, 0.2) is 0 Å². The van der Waals surface area contributed by atoms with E-state index in [0.717, 1.165) is 38.9 Å². The molecule has 0 aliphatic heterocycles. The first-order valence-corrected chi connectivity index (χ1v) is 22.5. The summed E-state index contributed by atoms with van der Waals surface area (Å²) in [5.74, 6) is 0.653. The molecular formula is C61H40N4. The van der Waals surface area contributed by atoms with Gasteiger partial charge in [0.25, 0.3) is 0 Å². The molecule has 4 nitrogen and oxygen atoms in total. The van der Waals surface area contributed by atoms with Crippen molar-refractivity contribution in [3.63, 3.8) is 0 Å². The zero-order valence-electron chi connectivity index (χ0n) is 35.9. The minimum absolute atomic E-state index is 0.137. The molecule has 0 spiro atoms. The van der Waals surface area contributed by atoms with E-state index in [-0.39, 0.29) is 5.41 Å². The van der Waals surface area contributed by atoms with E-state index < -0.39 is 0 Å². The van der Waals surface area contributed by atoms with Gasteiger partial charge in [-0.2, -0.15) is 0 Å². The van der Waals surface area contributed by atoms with Crippen molar-refractivity contribution < 1.29 is 0 Å². The highest BCUT2D eigenvalue weighted by molar-refractivity contribution is 6.27. The molecule has 0 N–H and O–H groups in total. The fourth-order valence-electron chi connectivity index (χ4n) is 11.4. The maximum atomic E-state index is 5.62. The molecule has 0 bridgehead atoms. The number of hydrogen-bond donors (Lipinski definition) is 0. The van der Waals surface area contributed by atoms with Crippen LogP contribution in [0, 0.1) is 0 Å². The highest BCUT2D eigenvalue weighted by Crippen LogP contribution is 2.50. The van der Waals surface area contributed by atoms with Gasteiger partial charge in [0, 0.05) is 49.0 Å². The molecule has 0 unspecified atom stereocenters. The summed E-state index contributed by atoms with van der Waals surface area (Å²) in [6, 6.07) is 75.3. The van der Waals surface area contributed by atoms with E-state index in [9.17, 15) is 0 Å². The lowest BCUT2D eigenvalue weighted by Crippen LogP contribution is -2.15. The molecule has 0 atom stereocenters. The number of para-hydroxylation sites is 4. The van der Waals surface area contributed by atoms with Gasteiger partial charge in [-0.1, -0.05) is 172 Å². The van der Waals surface area contributed by atoms with Gasteiger partial charge < -0.3 is 4.57 Å². The van der Waals surface area contributed by atoms with Crippen molar-refractivity contribution in [3.05, 3.63) is 217 Å². The Kier molecular flexibility index (Phi) is 7.42. The maximum absolute atomic E-state index is 5.62. The Bertz CT molecular complexity index is 4150. The van der Waals surface area contributed by atoms with E-state index in [0.29, 0.717) is 5.95 Å². The molecule has 304 valence electrons. The lowest BCUT2D eigenvalue weighted by atomic mass is 9.82. The highest BCUT2D eigenvalue weighted by atomic mass is 15.2. The molecule has 0 amide bonds. The first-order valence-electron chi connectivity index (χ1n) is 22.5. The molecule has 1 aliphatic carbocycles. The minimum atomic E-state index is -0.137. The summed E-state index contributed by atoms with van der Waals surface area (Å²) in [4.78, 5) is 11.1. The van der Waals surface area contributed by atoms with Crippen molar-refractivity contribution in [2.24, 2.45) is 0 Å². The van der Waals surface area contributed by atoms with E-state index in [1.807, 2.05) is 0 Å². The van der Waals surface area contributed by atoms with Gasteiger partial charge in [0.05, 0.1) is 33.3 Å². The van der Waals surface area contributed by atoms with Crippen molar-refractivity contribution >= 4 is 76.1 Å². The van der Waals surface area contributed by atoms with Crippen LogP contribution in [0.25, 0.3) is 121 Å². The number of nitrogens with zero attached hydrogens (tertiary/aromatic N) is 4. The fraction of sp³-hybridized carbons (Fsp3) is 0.0492. The van der Waals surface area contributed by atoms with Crippen molar-refractivity contribution in [1.82, 2.24) is 19.1 Å². The topological polar surface area (TPSA) is 35.6 Å². The van der Waals surface area contributed by atoms with Crippen LogP contribution in [0.4, 0.5) is 0 Å². The predicted molar refractivity (Wildman–Crippen MR) is 272 cm³/mol. The zero-order valence-corrected chi connectivity index (χ0v) is 35.9. The molecule has 0 radical (unpaired) electrons. The molecule has 0 fully saturated rings. The van der Waals surface area contributed by atoms with Crippen LogP contribution in [-0.4, -0.2) is 19.1 Å². The number of aromatic nitrogens is 4. The highest BCUT2D eigenvalue weighted by Gasteiger charge is 2.35. The first-order chi connectivity index (χ1) is 32.0. The van der Waals surface area contributed by atoms with Crippen molar-refractivity contribution in [2.75, 3.05) is 0 Å². The minimum Gasteiger partial charge on any atom is -0.309 e. The predicted octanol–water partition coefficient (Wildman–Crippen LogP) is 15.8. The lowest BCUT2D eigenvalue weighted by Gasteiger charge is -2.22. The molecular weight excluding hydrogens is 789 g/mol. The van der Waals surface area contributed by atoms with Crippen LogP contribution in [0.5, 0.6) is 0 Å². The second-order valence-electron chi connectivity index (χ2n) is 18.1. The zero-order chi connectivity index (χ0) is 43.0. The Balaban J connectivity index is 1.07. The molecule has 13 aromatic rings. The average molecular weight is 829 g/mol. The standard InChI is InChI=1S/C61H40N4/c1-61(2)51-28-14-10-22-41(51)42-33-32-37(34-52(42)61)58-46-26-11-15-29-53(46)62-60(63-58)65-55-31-17-13-27-47(55)57-44-24-8-6-20-39(44)49(36-56(57)65)48-35-50-43-23-12-16-30-54(43)64(38-18-4-3-5-19-38)59(50)45-25-9-7-21-40(45)48/h3-36H,1-2H3. The van der Waals surface area contributed by atoms with Gasteiger partial charge in [-0.3, -0.25) is 4.57 Å². The molecule has 3 aromatic heterocycles. The number of benzene rings is 10. The van der Waals surface area contributed by atoms with Crippen LogP contribution < -0.4 is 0 Å². The second-order valence-corrected chi connectivity index (χ2v) is 18.1. The summed E-state index contributed by atoms with van der Waals surface area (Å²) in [5, 5.41) is 10.7. The van der Waals surface area contributed by atoms with Crippen LogP contribution in [0.2, 0.25) is 0 Å². The van der Waals surface area contributed by atoms with Gasteiger partial charge >= 0.3 is 0 Å². The first kappa shape index (κ1) is 36.2. The number of rotatable bonds is 4. The Morgan fingerprint density at radius 2 is 0.954 bits per heavy atom. The van der Waals surface area contributed by atoms with Crippen molar-refractivity contribution in [1.29, 1.82) is 0 Å². The summed E-state index contributed by atoms with van der Waals surface area (Å²) >= 11 is 0. The summed E-state index contributed by atoms with van der Waals surface area (Å²) in [6.45, 7) is 4.68. The Morgan fingerprint density at radius 1 is 0.369 bits per heavy atom. The summed E-state index contributed by atoms with van der Waals surface area (Å²) in [7, 11) is 0. The maximum Gasteiger partial charge on any atom is 0.235 e. The smallest absolute Gasteiger partial charge is 0.235 e. The molecule has 3 heterocycles. The van der Waals surface area contributed by atoms with Gasteiger partial charge in [-0.05, 0) is 98.1 Å². The van der Waals surface area contributed by atoms with Crippen LogP contribution in [0.15, 0.2) is 206 Å². The molecule has 4 heteroatoms. The summed E-state index contributed by atoms with van der Waals surface area (Å²) in [6.07, 6.45) is 0. The molecule has 65 heavy (non-hydrogen) atoms. The Hall–Kier alpha value is -8.34. The van der Waals surface area contributed by atoms with E-state index in [2.05, 4.69) is 229 Å². The quantitative estimate of drug-likeness (QED) is 0.177. The van der Waals surface area contributed by atoms with E-state index in [1.54, 1.807) is 0 Å². The third-order valence-corrected chi connectivity index (χ3v) is 14.3. The van der Waals surface area contributed by atoms with E-state index in [1.165, 1.54) is 87.5 Å². The Morgan fingerprint density at radius 3 is 1.75 bits per heavy atom. The molecule has 0 saturated carbocycles. The van der Waals surface area contributed by atoms with Crippen molar-refractivity contribution in [3.8, 4) is 45.1 Å². The van der Waals surface area contributed by atoms with Crippen LogP contribution in [-0.2, 0) is 5.41 Å². The van der Waals surface area contributed by atoms with Gasteiger partial charge in [0.2, 0.25) is 5.95 Å². The molecule has 1 aliphatic rings. The largest absolute Gasteiger partial charge is 0.309 e. The van der Waals surface area contributed by atoms with Crippen LogP contribution >= 0.6 is 0 Å². The SMILES string of the molecule is CC1(C)c2ccccc2-c2ccc(-c3nc(-n4c5ccccc5c5c6ccccc6c(-c6cc7c8ccccc8n(-c8ccccc8)c7c7ccccc67)cc54)nc4ccccc34)cc21. The second kappa shape index (κ2) is 13.3. The average Bonchev–Trinajstić information content (AvgIpc) is 3.96. The van der Waals surface area contributed by atoms with Gasteiger partial charge in [0.1, 0.15) is 0 Å². The van der Waals surface area contributed by atoms with E-state index >= 15 is 0 Å². The van der Waals surface area contributed by atoms with Crippen molar-refractivity contribution in [2.45, 2.75) is 19.3 Å². The fourth-order valence-corrected chi connectivity index (χ4v) is 11.4. The molecule has 10 aromatic carbocycles. The summed E-state index contributed by atoms with van der Waals surface area (Å²) < 4.78 is 4.75. The van der Waals surface area contributed by atoms with Gasteiger partial charge in [-0.25, -0.2) is 9.97 Å². The molecule has 0 saturated heterocycles. The number of hydrogen-bond acceptors (Lipinski definition) is 2. The number of fused-ring (bicyclic) bond motifs is 14. The van der Waals surface area contributed by atoms with Crippen LogP contribution in [0.1, 0.15) is 25.0 Å². The normalized spacial score (nSPS) is 13.2. The molecule has 14 rings (SSSR count). The third-order valence-electron chi connectivity index (χ3n) is 14.3. The Labute approximate surface area is 375 Å².